The maximum Gasteiger partial charge on any atom is 0.332 e. The second-order valence-electron chi connectivity index (χ2n) is 6.55. The van der Waals surface area contributed by atoms with E-state index >= 15 is 0 Å². The number of rotatable bonds is 6. The van der Waals surface area contributed by atoms with Crippen LogP contribution >= 0.6 is 11.8 Å². The molecule has 160 valence electrons. The Labute approximate surface area is 175 Å². The fourth-order valence-electron chi connectivity index (χ4n) is 2.87. The minimum atomic E-state index is -3.79. The molecule has 3 N–H and O–H groups in total. The first-order chi connectivity index (χ1) is 14.0. The molecule has 13 heteroatoms. The van der Waals surface area contributed by atoms with Crippen molar-refractivity contribution >= 4 is 44.5 Å². The first-order valence-electron chi connectivity index (χ1n) is 8.68. The third-order valence-corrected chi connectivity index (χ3v) is 6.41. The van der Waals surface area contributed by atoms with E-state index in [1.807, 2.05) is 0 Å². The smallest absolute Gasteiger partial charge is 0.326 e. The molecular weight excluding hydrogens is 432 g/mol. The van der Waals surface area contributed by atoms with Crippen LogP contribution in [0.2, 0.25) is 0 Å². The van der Waals surface area contributed by atoms with Gasteiger partial charge in [-0.3, -0.25) is 18.7 Å². The monoisotopic (exact) mass is 452 g/mol. The van der Waals surface area contributed by atoms with Crippen molar-refractivity contribution in [1.29, 1.82) is 0 Å². The van der Waals surface area contributed by atoms with Gasteiger partial charge in [0.1, 0.15) is 0 Å². The van der Waals surface area contributed by atoms with Crippen molar-refractivity contribution in [2.75, 3.05) is 11.1 Å². The highest BCUT2D eigenvalue weighted by atomic mass is 32.2. The normalized spacial score (nSPS) is 11.7. The molecule has 0 aliphatic rings. The molecule has 0 unspecified atom stereocenters. The molecule has 0 bridgehead atoms. The third kappa shape index (κ3) is 4.17. The Hall–Kier alpha value is -2.90. The van der Waals surface area contributed by atoms with Gasteiger partial charge in [-0.15, -0.1) is 0 Å². The highest BCUT2D eigenvalue weighted by Crippen LogP contribution is 2.21. The van der Waals surface area contributed by atoms with E-state index in [4.69, 9.17) is 5.14 Å². The summed E-state index contributed by atoms with van der Waals surface area (Å²) in [6.07, 6.45) is 0.155. The molecular formula is C17H20N6O5S2. The van der Waals surface area contributed by atoms with Crippen LogP contribution in [0.3, 0.4) is 0 Å². The van der Waals surface area contributed by atoms with E-state index in [0.717, 1.165) is 4.57 Å². The van der Waals surface area contributed by atoms with Crippen LogP contribution < -0.4 is 21.7 Å². The number of aromatic nitrogens is 4. The predicted molar refractivity (Wildman–Crippen MR) is 113 cm³/mol. The topological polar surface area (TPSA) is 151 Å². The summed E-state index contributed by atoms with van der Waals surface area (Å²) in [6.45, 7) is 0. The lowest BCUT2D eigenvalue weighted by Gasteiger charge is -2.07. The van der Waals surface area contributed by atoms with Gasteiger partial charge < -0.3 is 9.88 Å². The minimum absolute atomic E-state index is 0.0431. The molecule has 2 aromatic heterocycles. The van der Waals surface area contributed by atoms with E-state index in [1.165, 1.54) is 47.6 Å². The number of hydrogen-bond donors (Lipinski definition) is 2. The zero-order valence-electron chi connectivity index (χ0n) is 16.4. The molecule has 1 aromatic carbocycles. The van der Waals surface area contributed by atoms with Gasteiger partial charge in [-0.2, -0.15) is 0 Å². The highest BCUT2D eigenvalue weighted by molar-refractivity contribution is 7.99. The average molecular weight is 453 g/mol. The number of nitrogens with two attached hydrogens (primary N) is 1. The zero-order valence-corrected chi connectivity index (χ0v) is 18.1. The lowest BCUT2D eigenvalue weighted by molar-refractivity contribution is -0.115. The van der Waals surface area contributed by atoms with Crippen molar-refractivity contribution in [3.05, 3.63) is 45.1 Å². The van der Waals surface area contributed by atoms with Crippen LogP contribution in [0.15, 0.2) is 43.9 Å². The van der Waals surface area contributed by atoms with Gasteiger partial charge in [-0.05, 0) is 24.3 Å². The van der Waals surface area contributed by atoms with Crippen LogP contribution in [0, 0.1) is 0 Å². The SMILES string of the molecule is Cn1c(=O)c2nc(SCCC(=O)Nc3ccc(S(N)(=O)=O)cc3)n(C)c2n(C)c1=O. The van der Waals surface area contributed by atoms with E-state index < -0.39 is 21.3 Å². The van der Waals surface area contributed by atoms with Gasteiger partial charge >= 0.3 is 5.69 Å². The van der Waals surface area contributed by atoms with Gasteiger partial charge in [0, 0.05) is 39.0 Å². The molecule has 2 heterocycles. The third-order valence-electron chi connectivity index (χ3n) is 4.45. The first-order valence-corrected chi connectivity index (χ1v) is 11.2. The fraction of sp³-hybridized carbons (Fsp3) is 0.294. The molecule has 0 aliphatic carbocycles. The summed E-state index contributed by atoms with van der Waals surface area (Å²) in [7, 11) is 0.867. The lowest BCUT2D eigenvalue weighted by Crippen LogP contribution is -2.37. The zero-order chi connectivity index (χ0) is 22.2. The highest BCUT2D eigenvalue weighted by Gasteiger charge is 2.17. The molecule has 0 fully saturated rings. The van der Waals surface area contributed by atoms with Crippen LogP contribution in [-0.2, 0) is 36.0 Å². The average Bonchev–Trinajstić information content (AvgIpc) is 3.01. The lowest BCUT2D eigenvalue weighted by atomic mass is 10.3. The number of nitrogens with one attached hydrogen (secondary N) is 1. The number of anilines is 1. The van der Waals surface area contributed by atoms with E-state index in [1.54, 1.807) is 18.7 Å². The van der Waals surface area contributed by atoms with Crippen LogP contribution in [-0.4, -0.2) is 38.8 Å². The second-order valence-corrected chi connectivity index (χ2v) is 9.17. The van der Waals surface area contributed by atoms with Crippen molar-refractivity contribution in [3.8, 4) is 0 Å². The van der Waals surface area contributed by atoms with Crippen molar-refractivity contribution in [3.63, 3.8) is 0 Å². The summed E-state index contributed by atoms with van der Waals surface area (Å²) in [5, 5.41) is 8.21. The number of imidazole rings is 1. The Morgan fingerprint density at radius 1 is 1.10 bits per heavy atom. The summed E-state index contributed by atoms with van der Waals surface area (Å²) in [5.41, 5.74) is 0.115. The van der Waals surface area contributed by atoms with Crippen molar-refractivity contribution in [1.82, 2.24) is 18.7 Å². The number of benzene rings is 1. The van der Waals surface area contributed by atoms with E-state index in [9.17, 15) is 22.8 Å². The summed E-state index contributed by atoms with van der Waals surface area (Å²) in [5.74, 6) is 0.111. The quantitative estimate of drug-likeness (QED) is 0.489. The molecule has 1 amide bonds. The van der Waals surface area contributed by atoms with Gasteiger partial charge in [0.05, 0.1) is 4.90 Å². The second kappa shape index (κ2) is 8.08. The van der Waals surface area contributed by atoms with Gasteiger partial charge in [-0.1, -0.05) is 11.8 Å². The van der Waals surface area contributed by atoms with E-state index in [0.29, 0.717) is 22.2 Å². The molecule has 0 spiro atoms. The van der Waals surface area contributed by atoms with Gasteiger partial charge in [0.2, 0.25) is 15.9 Å². The van der Waals surface area contributed by atoms with Crippen molar-refractivity contribution < 1.29 is 13.2 Å². The molecule has 0 radical (unpaired) electrons. The molecule has 0 aliphatic heterocycles. The first kappa shape index (κ1) is 21.8. The minimum Gasteiger partial charge on any atom is -0.326 e. The van der Waals surface area contributed by atoms with E-state index in [-0.39, 0.29) is 22.7 Å². The number of primary sulfonamides is 1. The number of thioether (sulfide) groups is 1. The Bertz CT molecular complexity index is 1350. The van der Waals surface area contributed by atoms with Crippen LogP contribution in [0.25, 0.3) is 11.2 Å². The Morgan fingerprint density at radius 2 is 1.73 bits per heavy atom. The van der Waals surface area contributed by atoms with Gasteiger partial charge in [-0.25, -0.2) is 23.3 Å². The van der Waals surface area contributed by atoms with Crippen molar-refractivity contribution in [2.24, 2.45) is 26.3 Å². The van der Waals surface area contributed by atoms with E-state index in [2.05, 4.69) is 10.3 Å². The van der Waals surface area contributed by atoms with Crippen LogP contribution in [0.4, 0.5) is 5.69 Å². The number of sulfonamides is 1. The Balaban J connectivity index is 1.67. The molecule has 0 atom stereocenters. The van der Waals surface area contributed by atoms with Crippen LogP contribution in [0.5, 0.6) is 0 Å². The number of fused-ring (bicyclic) bond motifs is 1. The summed E-state index contributed by atoms with van der Waals surface area (Å²) >= 11 is 1.28. The standard InChI is InChI=1S/C17H20N6O5S2/c1-21-14-13(15(25)23(3)17(26)22(14)2)20-16(21)29-9-8-12(24)19-10-4-6-11(7-5-10)30(18,27)28/h4-7H,8-9H2,1-3H3,(H,19,24)(H2,18,27,28). The van der Waals surface area contributed by atoms with Crippen LogP contribution in [0.1, 0.15) is 6.42 Å². The molecule has 11 nitrogen and oxygen atoms in total. The Kier molecular flexibility index (Phi) is 5.87. The number of carbonyl (C=O) groups is 1. The number of amides is 1. The number of nitrogens with zero attached hydrogens (tertiary/aromatic N) is 4. The molecule has 3 aromatic rings. The van der Waals surface area contributed by atoms with Crippen molar-refractivity contribution in [2.45, 2.75) is 16.5 Å². The van der Waals surface area contributed by atoms with Gasteiger partial charge in [0.15, 0.2) is 16.3 Å². The maximum absolute atomic E-state index is 12.3. The Morgan fingerprint density at radius 3 is 2.33 bits per heavy atom. The molecule has 0 saturated carbocycles. The number of aryl methyl sites for hydroxylation is 2. The summed E-state index contributed by atoms with van der Waals surface area (Å²) in [6, 6.07) is 5.52. The summed E-state index contributed by atoms with van der Waals surface area (Å²) in [4.78, 5) is 40.8. The maximum atomic E-state index is 12.3. The fourth-order valence-corrected chi connectivity index (χ4v) is 4.30. The molecule has 3 rings (SSSR count). The predicted octanol–water partition coefficient (Wildman–Crippen LogP) is -0.261. The molecule has 0 saturated heterocycles. The van der Waals surface area contributed by atoms with Gasteiger partial charge in [0.25, 0.3) is 5.56 Å². The summed E-state index contributed by atoms with van der Waals surface area (Å²) < 4.78 is 26.5. The number of hydrogen-bond acceptors (Lipinski definition) is 7. The number of carbonyl (C=O) groups excluding carboxylic acids is 1. The molecule has 30 heavy (non-hydrogen) atoms. The largest absolute Gasteiger partial charge is 0.332 e.